The molecule has 2 aliphatic rings. The van der Waals surface area contributed by atoms with Crippen LogP contribution in [0.3, 0.4) is 0 Å². The van der Waals surface area contributed by atoms with E-state index in [4.69, 9.17) is 4.74 Å². The summed E-state index contributed by atoms with van der Waals surface area (Å²) in [6, 6.07) is 2.05. The van der Waals surface area contributed by atoms with Gasteiger partial charge >= 0.3 is 6.18 Å². The highest BCUT2D eigenvalue weighted by atomic mass is 19.4. The number of aromatic nitrogens is 4. The van der Waals surface area contributed by atoms with E-state index in [0.29, 0.717) is 37.0 Å². The Kier molecular flexibility index (Phi) is 4.76. The zero-order valence-corrected chi connectivity index (χ0v) is 15.8. The smallest absolute Gasteiger partial charge is 0.419 e. The SMILES string of the molecule is CC1(COc2nc(C3CC3)ncc2C#N)CCN(c2ncc(C(F)(F)F)cn2)C1. The fraction of sp³-hybridized carbons (Fsp3) is 0.526. The minimum absolute atomic E-state index is 0.262. The molecule has 4 rings (SSSR count). The number of nitrogens with zero attached hydrogens (tertiary/aromatic N) is 6. The normalized spacial score (nSPS) is 21.8. The lowest BCUT2D eigenvalue weighted by Crippen LogP contribution is -2.31. The molecular weight excluding hydrogens is 385 g/mol. The summed E-state index contributed by atoms with van der Waals surface area (Å²) in [5.74, 6) is 1.60. The van der Waals surface area contributed by atoms with Crippen molar-refractivity contribution < 1.29 is 17.9 Å². The van der Waals surface area contributed by atoms with Crippen LogP contribution in [0.15, 0.2) is 18.6 Å². The molecule has 2 fully saturated rings. The van der Waals surface area contributed by atoms with Gasteiger partial charge < -0.3 is 9.64 Å². The Hall–Kier alpha value is -2.96. The third kappa shape index (κ3) is 4.23. The van der Waals surface area contributed by atoms with Gasteiger partial charge in [0.1, 0.15) is 17.5 Å². The molecule has 3 heterocycles. The second kappa shape index (κ2) is 7.13. The second-order valence-electron chi connectivity index (χ2n) is 7.87. The standard InChI is InChI=1S/C19H19F3N6O/c1-18(11-29-16-13(6-23)7-24-15(27-16)12-2-3-12)4-5-28(10-18)17-25-8-14(9-26-17)19(20,21)22/h7-9,12H,2-5,10-11H2,1H3. The molecule has 1 aliphatic carbocycles. The number of ether oxygens (including phenoxy) is 1. The van der Waals surface area contributed by atoms with Gasteiger partial charge in [-0.1, -0.05) is 6.92 Å². The Morgan fingerprint density at radius 3 is 2.59 bits per heavy atom. The molecular formula is C19H19F3N6O. The van der Waals surface area contributed by atoms with Gasteiger partial charge in [-0.05, 0) is 19.3 Å². The van der Waals surface area contributed by atoms with Crippen LogP contribution in [0.25, 0.3) is 0 Å². The van der Waals surface area contributed by atoms with Crippen LogP contribution in [0, 0.1) is 16.7 Å². The maximum absolute atomic E-state index is 12.7. The van der Waals surface area contributed by atoms with Crippen molar-refractivity contribution in [3.05, 3.63) is 35.5 Å². The molecule has 0 amide bonds. The van der Waals surface area contributed by atoms with Crippen LogP contribution in [0.1, 0.15) is 49.1 Å². The van der Waals surface area contributed by atoms with Crippen LogP contribution < -0.4 is 9.64 Å². The molecule has 1 saturated heterocycles. The van der Waals surface area contributed by atoms with Crippen LogP contribution in [-0.2, 0) is 6.18 Å². The highest BCUT2D eigenvalue weighted by molar-refractivity contribution is 5.37. The molecule has 1 saturated carbocycles. The van der Waals surface area contributed by atoms with Crippen molar-refractivity contribution in [2.75, 3.05) is 24.6 Å². The zero-order chi connectivity index (χ0) is 20.6. The average Bonchev–Trinajstić information content (AvgIpc) is 3.48. The number of hydrogen-bond acceptors (Lipinski definition) is 7. The Labute approximate surface area is 165 Å². The third-order valence-electron chi connectivity index (χ3n) is 5.20. The van der Waals surface area contributed by atoms with Gasteiger partial charge in [-0.3, -0.25) is 0 Å². The van der Waals surface area contributed by atoms with Crippen molar-refractivity contribution in [2.24, 2.45) is 5.41 Å². The van der Waals surface area contributed by atoms with E-state index in [1.165, 1.54) is 6.20 Å². The van der Waals surface area contributed by atoms with Crippen molar-refractivity contribution in [2.45, 2.75) is 38.3 Å². The Morgan fingerprint density at radius 2 is 1.97 bits per heavy atom. The fourth-order valence-electron chi connectivity index (χ4n) is 3.29. The lowest BCUT2D eigenvalue weighted by Gasteiger charge is -2.24. The van der Waals surface area contributed by atoms with E-state index < -0.39 is 11.7 Å². The van der Waals surface area contributed by atoms with E-state index in [1.54, 1.807) is 0 Å². The number of nitriles is 1. The molecule has 2 aromatic heterocycles. The summed E-state index contributed by atoms with van der Waals surface area (Å²) in [6.07, 6.45) is 1.48. The second-order valence-corrected chi connectivity index (χ2v) is 7.87. The van der Waals surface area contributed by atoms with Gasteiger partial charge in [-0.2, -0.15) is 23.4 Å². The number of rotatable bonds is 5. The van der Waals surface area contributed by atoms with Gasteiger partial charge in [0.05, 0.1) is 18.4 Å². The molecule has 152 valence electrons. The molecule has 0 radical (unpaired) electrons. The first-order valence-electron chi connectivity index (χ1n) is 9.31. The summed E-state index contributed by atoms with van der Waals surface area (Å²) in [4.78, 5) is 18.2. The zero-order valence-electron chi connectivity index (χ0n) is 15.8. The summed E-state index contributed by atoms with van der Waals surface area (Å²) < 4.78 is 43.9. The van der Waals surface area contributed by atoms with Gasteiger partial charge in [0, 0.05) is 36.8 Å². The molecule has 0 spiro atoms. The molecule has 0 aromatic carbocycles. The average molecular weight is 404 g/mol. The number of hydrogen-bond donors (Lipinski definition) is 0. The molecule has 1 aliphatic heterocycles. The highest BCUT2D eigenvalue weighted by Crippen LogP contribution is 2.39. The van der Waals surface area contributed by atoms with Crippen LogP contribution in [0.4, 0.5) is 19.1 Å². The molecule has 10 heteroatoms. The van der Waals surface area contributed by atoms with Crippen LogP contribution >= 0.6 is 0 Å². The summed E-state index contributed by atoms with van der Waals surface area (Å²) in [7, 11) is 0. The van der Waals surface area contributed by atoms with E-state index in [0.717, 1.165) is 31.7 Å². The quantitative estimate of drug-likeness (QED) is 0.755. The maximum Gasteiger partial charge on any atom is 0.419 e. The molecule has 29 heavy (non-hydrogen) atoms. The molecule has 2 aromatic rings. The largest absolute Gasteiger partial charge is 0.476 e. The Bertz CT molecular complexity index is 938. The molecule has 0 N–H and O–H groups in total. The van der Waals surface area contributed by atoms with E-state index in [1.807, 2.05) is 17.9 Å². The van der Waals surface area contributed by atoms with Crippen LogP contribution in [0.2, 0.25) is 0 Å². The summed E-state index contributed by atoms with van der Waals surface area (Å²) in [5, 5.41) is 9.28. The van der Waals surface area contributed by atoms with Crippen LogP contribution in [0.5, 0.6) is 5.88 Å². The first kappa shape index (κ1) is 19.4. The number of anilines is 1. The van der Waals surface area contributed by atoms with E-state index >= 15 is 0 Å². The van der Waals surface area contributed by atoms with Crippen molar-refractivity contribution in [3.63, 3.8) is 0 Å². The van der Waals surface area contributed by atoms with E-state index in [9.17, 15) is 18.4 Å². The Morgan fingerprint density at radius 1 is 1.24 bits per heavy atom. The minimum atomic E-state index is -4.46. The predicted molar refractivity (Wildman–Crippen MR) is 96.2 cm³/mol. The van der Waals surface area contributed by atoms with E-state index in [-0.39, 0.29) is 17.2 Å². The Balaban J connectivity index is 1.42. The van der Waals surface area contributed by atoms with Crippen LogP contribution in [-0.4, -0.2) is 39.6 Å². The molecule has 7 nitrogen and oxygen atoms in total. The number of halogens is 3. The van der Waals surface area contributed by atoms with Gasteiger partial charge in [-0.15, -0.1) is 0 Å². The highest BCUT2D eigenvalue weighted by Gasteiger charge is 2.37. The van der Waals surface area contributed by atoms with Gasteiger partial charge in [-0.25, -0.2) is 15.0 Å². The first-order valence-corrected chi connectivity index (χ1v) is 9.31. The summed E-state index contributed by atoms with van der Waals surface area (Å²) in [6.45, 7) is 3.47. The summed E-state index contributed by atoms with van der Waals surface area (Å²) >= 11 is 0. The molecule has 0 bridgehead atoms. The lowest BCUT2D eigenvalue weighted by molar-refractivity contribution is -0.138. The first-order chi connectivity index (χ1) is 13.8. The molecule has 1 unspecified atom stereocenters. The molecule has 1 atom stereocenters. The van der Waals surface area contributed by atoms with Crippen molar-refractivity contribution in [1.82, 2.24) is 19.9 Å². The van der Waals surface area contributed by atoms with Gasteiger partial charge in [0.2, 0.25) is 11.8 Å². The monoisotopic (exact) mass is 404 g/mol. The van der Waals surface area contributed by atoms with Gasteiger partial charge in [0.25, 0.3) is 0 Å². The number of alkyl halides is 3. The lowest BCUT2D eigenvalue weighted by atomic mass is 9.91. The topological polar surface area (TPSA) is 87.8 Å². The fourth-order valence-corrected chi connectivity index (χ4v) is 3.29. The van der Waals surface area contributed by atoms with Gasteiger partial charge in [0.15, 0.2) is 0 Å². The van der Waals surface area contributed by atoms with E-state index in [2.05, 4.69) is 19.9 Å². The maximum atomic E-state index is 12.7. The van der Waals surface area contributed by atoms with Crippen molar-refractivity contribution >= 4 is 5.95 Å². The minimum Gasteiger partial charge on any atom is -0.476 e. The third-order valence-corrected chi connectivity index (χ3v) is 5.20. The van der Waals surface area contributed by atoms with Crippen molar-refractivity contribution in [3.8, 4) is 11.9 Å². The summed E-state index contributed by atoms with van der Waals surface area (Å²) in [5.41, 5.74) is -0.853. The van der Waals surface area contributed by atoms with Crippen molar-refractivity contribution in [1.29, 1.82) is 5.26 Å². The predicted octanol–water partition coefficient (Wildman–Crippen LogP) is 3.33.